The molecule has 0 bridgehead atoms. The van der Waals surface area contributed by atoms with Crippen LogP contribution in [0.15, 0.2) is 45.4 Å². The number of amides is 1. The third-order valence-corrected chi connectivity index (χ3v) is 5.78. The van der Waals surface area contributed by atoms with Gasteiger partial charge in [-0.05, 0) is 55.2 Å². The number of anilines is 1. The molecule has 9 nitrogen and oxygen atoms in total. The van der Waals surface area contributed by atoms with E-state index < -0.39 is 0 Å². The van der Waals surface area contributed by atoms with Crippen LogP contribution in [0.4, 0.5) is 5.88 Å². The fourth-order valence-corrected chi connectivity index (χ4v) is 3.99. The molecule has 0 aliphatic carbocycles. The van der Waals surface area contributed by atoms with Gasteiger partial charge < -0.3 is 28.5 Å². The molecule has 0 spiro atoms. The summed E-state index contributed by atoms with van der Waals surface area (Å²) in [6.07, 6.45) is 3.50. The van der Waals surface area contributed by atoms with E-state index in [0.29, 0.717) is 50.5 Å². The van der Waals surface area contributed by atoms with Crippen LogP contribution >= 0.6 is 0 Å². The molecule has 33 heavy (non-hydrogen) atoms. The number of methoxy groups -OCH3 is 2. The normalized spacial score (nSPS) is 14.0. The van der Waals surface area contributed by atoms with Gasteiger partial charge in [-0.25, -0.2) is 0 Å². The van der Waals surface area contributed by atoms with Crippen LogP contribution in [0.5, 0.6) is 11.5 Å². The zero-order valence-electron chi connectivity index (χ0n) is 18.7. The predicted molar refractivity (Wildman–Crippen MR) is 120 cm³/mol. The van der Waals surface area contributed by atoms with Crippen molar-refractivity contribution in [3.8, 4) is 29.2 Å². The molecule has 1 N–H and O–H groups in total. The Labute approximate surface area is 191 Å². The fourth-order valence-electron chi connectivity index (χ4n) is 3.99. The number of carbonyl (C=O) groups excluding carboxylic acids is 1. The summed E-state index contributed by atoms with van der Waals surface area (Å²) in [5.41, 5.74) is 1.20. The summed E-state index contributed by atoms with van der Waals surface area (Å²) in [5, 5.41) is 12.5. The number of nitriles is 1. The van der Waals surface area contributed by atoms with Crippen molar-refractivity contribution in [3.05, 3.63) is 47.9 Å². The minimum Gasteiger partial charge on any atom is -0.497 e. The Balaban J connectivity index is 1.31. The molecule has 1 aromatic carbocycles. The molecule has 0 atom stereocenters. The maximum atomic E-state index is 12.7. The fraction of sp³-hybridized carbons (Fsp3) is 0.375. The van der Waals surface area contributed by atoms with Gasteiger partial charge in [0.1, 0.15) is 17.6 Å². The number of aromatic nitrogens is 1. The van der Waals surface area contributed by atoms with Gasteiger partial charge in [-0.2, -0.15) is 10.2 Å². The molecular formula is C24H26N4O5. The summed E-state index contributed by atoms with van der Waals surface area (Å²) in [6, 6.07) is 11.2. The van der Waals surface area contributed by atoms with E-state index in [1.807, 2.05) is 23.1 Å². The van der Waals surface area contributed by atoms with Crippen molar-refractivity contribution in [2.75, 3.05) is 38.8 Å². The van der Waals surface area contributed by atoms with Crippen molar-refractivity contribution in [2.45, 2.75) is 19.3 Å². The Hall–Kier alpha value is -3.93. The smallest absolute Gasteiger partial charge is 0.266 e. The molecule has 3 aromatic rings. The summed E-state index contributed by atoms with van der Waals surface area (Å²) in [7, 11) is 3.25. The van der Waals surface area contributed by atoms with Crippen molar-refractivity contribution in [1.29, 1.82) is 5.26 Å². The molecule has 4 rings (SSSR count). The van der Waals surface area contributed by atoms with Crippen LogP contribution in [0.1, 0.15) is 24.1 Å². The Bertz CT molecular complexity index is 1120. The van der Waals surface area contributed by atoms with Crippen LogP contribution in [0.25, 0.3) is 11.7 Å². The lowest BCUT2D eigenvalue weighted by Gasteiger charge is -2.31. The molecule has 1 saturated heterocycles. The number of hydrogen-bond donors (Lipinski definition) is 1. The number of furan rings is 1. The van der Waals surface area contributed by atoms with E-state index in [-0.39, 0.29) is 23.4 Å². The Morgan fingerprint density at radius 1 is 1.27 bits per heavy atom. The highest BCUT2D eigenvalue weighted by Gasteiger charge is 2.29. The number of oxazole rings is 1. The lowest BCUT2D eigenvalue weighted by Crippen LogP contribution is -2.41. The minimum absolute atomic E-state index is 0.0332. The third-order valence-electron chi connectivity index (χ3n) is 5.78. The number of carbonyl (C=O) groups is 1. The average Bonchev–Trinajstić information content (AvgIpc) is 3.54. The van der Waals surface area contributed by atoms with Crippen molar-refractivity contribution in [1.82, 2.24) is 10.3 Å². The molecule has 0 unspecified atom stereocenters. The number of ether oxygens (including phenoxy) is 2. The van der Waals surface area contributed by atoms with Crippen LogP contribution < -0.4 is 19.7 Å². The van der Waals surface area contributed by atoms with Gasteiger partial charge in [0.15, 0.2) is 5.76 Å². The molecule has 0 saturated carbocycles. The van der Waals surface area contributed by atoms with Gasteiger partial charge >= 0.3 is 0 Å². The standard InChI is InChI=1S/C24H26N4O5/c1-30-18-5-6-20(31-2)17(14-18)7-10-26-22(29)16-8-11-28(12-9-16)24-19(15-25)27-23(33-24)21-4-3-13-32-21/h3-6,13-14,16H,7-12H2,1-2H3,(H,26,29). The second-order valence-electron chi connectivity index (χ2n) is 7.74. The van der Waals surface area contributed by atoms with E-state index in [1.54, 1.807) is 26.4 Å². The Morgan fingerprint density at radius 2 is 2.09 bits per heavy atom. The van der Waals surface area contributed by atoms with Gasteiger partial charge in [-0.3, -0.25) is 4.79 Å². The summed E-state index contributed by atoms with van der Waals surface area (Å²) >= 11 is 0. The number of piperidine rings is 1. The first-order valence-corrected chi connectivity index (χ1v) is 10.8. The highest BCUT2D eigenvalue weighted by molar-refractivity contribution is 5.79. The average molecular weight is 450 g/mol. The number of benzene rings is 1. The number of rotatable bonds is 8. The maximum absolute atomic E-state index is 12.7. The highest BCUT2D eigenvalue weighted by Crippen LogP contribution is 2.31. The van der Waals surface area contributed by atoms with E-state index in [4.69, 9.17) is 18.3 Å². The first-order valence-electron chi connectivity index (χ1n) is 10.8. The lowest BCUT2D eigenvalue weighted by molar-refractivity contribution is -0.125. The molecule has 2 aromatic heterocycles. The summed E-state index contributed by atoms with van der Waals surface area (Å²) in [5.74, 6) is 2.64. The van der Waals surface area contributed by atoms with Crippen LogP contribution in [0.2, 0.25) is 0 Å². The second-order valence-corrected chi connectivity index (χ2v) is 7.74. The van der Waals surface area contributed by atoms with E-state index in [0.717, 1.165) is 17.1 Å². The first-order chi connectivity index (χ1) is 16.1. The van der Waals surface area contributed by atoms with Crippen LogP contribution in [-0.2, 0) is 11.2 Å². The Morgan fingerprint density at radius 3 is 2.76 bits per heavy atom. The van der Waals surface area contributed by atoms with E-state index in [2.05, 4.69) is 16.4 Å². The largest absolute Gasteiger partial charge is 0.497 e. The van der Waals surface area contributed by atoms with Crippen molar-refractivity contribution >= 4 is 11.8 Å². The zero-order valence-corrected chi connectivity index (χ0v) is 18.7. The summed E-state index contributed by atoms with van der Waals surface area (Å²) in [4.78, 5) is 18.9. The number of hydrogen-bond acceptors (Lipinski definition) is 8. The SMILES string of the molecule is COc1ccc(OC)c(CCNC(=O)C2CCN(c3oc(-c4ccco4)nc3C#N)CC2)c1. The molecule has 1 amide bonds. The Kier molecular flexibility index (Phi) is 6.83. The van der Waals surface area contributed by atoms with Gasteiger partial charge in [0.05, 0.1) is 20.5 Å². The van der Waals surface area contributed by atoms with E-state index in [9.17, 15) is 10.1 Å². The van der Waals surface area contributed by atoms with Gasteiger partial charge in [-0.1, -0.05) is 0 Å². The van der Waals surface area contributed by atoms with Gasteiger partial charge in [0.2, 0.25) is 17.5 Å². The molecule has 3 heterocycles. The van der Waals surface area contributed by atoms with Crippen LogP contribution in [0, 0.1) is 17.2 Å². The predicted octanol–water partition coefficient (Wildman–Crippen LogP) is 3.40. The molecular weight excluding hydrogens is 424 g/mol. The number of nitrogens with one attached hydrogen (secondary N) is 1. The highest BCUT2D eigenvalue weighted by atomic mass is 16.5. The lowest BCUT2D eigenvalue weighted by atomic mass is 9.96. The molecule has 1 aliphatic rings. The minimum atomic E-state index is -0.0912. The first kappa shape index (κ1) is 22.3. The van der Waals surface area contributed by atoms with Crippen LogP contribution in [-0.4, -0.2) is 44.7 Å². The molecule has 1 fully saturated rings. The topological polar surface area (TPSA) is 114 Å². The summed E-state index contributed by atoms with van der Waals surface area (Å²) < 4.78 is 21.8. The summed E-state index contributed by atoms with van der Waals surface area (Å²) in [6.45, 7) is 1.71. The van der Waals surface area contributed by atoms with Gasteiger partial charge in [0.25, 0.3) is 5.89 Å². The molecule has 1 aliphatic heterocycles. The van der Waals surface area contributed by atoms with E-state index >= 15 is 0 Å². The zero-order chi connectivity index (χ0) is 23.2. The molecule has 172 valence electrons. The van der Waals surface area contributed by atoms with Gasteiger partial charge in [-0.15, -0.1) is 0 Å². The second kappa shape index (κ2) is 10.1. The van der Waals surface area contributed by atoms with Crippen molar-refractivity contribution in [3.63, 3.8) is 0 Å². The monoisotopic (exact) mass is 450 g/mol. The van der Waals surface area contributed by atoms with Crippen LogP contribution in [0.3, 0.4) is 0 Å². The molecule has 9 heteroatoms. The molecule has 0 radical (unpaired) electrons. The third kappa shape index (κ3) is 4.95. The van der Waals surface area contributed by atoms with Crippen molar-refractivity contribution < 1.29 is 23.1 Å². The number of nitrogens with zero attached hydrogens (tertiary/aromatic N) is 3. The quantitative estimate of drug-likeness (QED) is 0.555. The van der Waals surface area contributed by atoms with Crippen molar-refractivity contribution in [2.24, 2.45) is 5.92 Å². The maximum Gasteiger partial charge on any atom is 0.266 e. The van der Waals surface area contributed by atoms with Gasteiger partial charge in [0, 0.05) is 25.6 Å². The van der Waals surface area contributed by atoms with E-state index in [1.165, 1.54) is 6.26 Å².